The number of nitrogens with zero attached hydrogens (tertiary/aromatic N) is 3. The molecule has 0 aliphatic rings. The van der Waals surface area contributed by atoms with Gasteiger partial charge in [-0.05, 0) is 26.3 Å². The third-order valence-corrected chi connectivity index (χ3v) is 2.39. The Morgan fingerprint density at radius 2 is 2.40 bits per heavy atom. The predicted molar refractivity (Wildman–Crippen MR) is 59.1 cm³/mol. The molecule has 1 aromatic heterocycles. The Bertz CT molecular complexity index is 324. The summed E-state index contributed by atoms with van der Waals surface area (Å²) in [6.07, 6.45) is 6.59. The molecule has 0 aliphatic heterocycles. The molecule has 0 aliphatic carbocycles. The fourth-order valence-electron chi connectivity index (χ4n) is 1.43. The number of aromatic nitrogens is 2. The molecule has 0 bridgehead atoms. The lowest BCUT2D eigenvalue weighted by atomic mass is 10.2. The van der Waals surface area contributed by atoms with Gasteiger partial charge in [0.2, 0.25) is 0 Å². The number of nitriles is 1. The van der Waals surface area contributed by atoms with E-state index in [-0.39, 0.29) is 0 Å². The van der Waals surface area contributed by atoms with Crippen molar-refractivity contribution in [2.45, 2.75) is 32.2 Å². The third kappa shape index (κ3) is 4.13. The van der Waals surface area contributed by atoms with Crippen molar-refractivity contribution in [1.29, 1.82) is 5.26 Å². The molecule has 15 heavy (non-hydrogen) atoms. The minimum atomic E-state index is 0.334. The first-order valence-electron chi connectivity index (χ1n) is 5.33. The van der Waals surface area contributed by atoms with Gasteiger partial charge in [0.05, 0.1) is 12.3 Å². The van der Waals surface area contributed by atoms with Gasteiger partial charge >= 0.3 is 0 Å². The van der Waals surface area contributed by atoms with E-state index in [2.05, 4.69) is 23.4 Å². The molecule has 4 heteroatoms. The molecule has 0 amide bonds. The van der Waals surface area contributed by atoms with E-state index in [1.807, 2.05) is 24.1 Å². The van der Waals surface area contributed by atoms with Gasteiger partial charge < -0.3 is 5.32 Å². The van der Waals surface area contributed by atoms with Gasteiger partial charge in [-0.2, -0.15) is 10.4 Å². The van der Waals surface area contributed by atoms with E-state index in [9.17, 15) is 0 Å². The Kier molecular flexibility index (Phi) is 4.85. The lowest BCUT2D eigenvalue weighted by molar-refractivity contribution is 0.548. The summed E-state index contributed by atoms with van der Waals surface area (Å²) in [5.74, 6) is 0. The van der Waals surface area contributed by atoms with Gasteiger partial charge in [0.1, 0.15) is 0 Å². The SMILES string of the molecule is CC(NCCCCC#N)c1cnn(C)c1. The van der Waals surface area contributed by atoms with Crippen molar-refractivity contribution in [3.05, 3.63) is 18.0 Å². The first-order valence-corrected chi connectivity index (χ1v) is 5.33. The highest BCUT2D eigenvalue weighted by molar-refractivity contribution is 5.08. The number of hydrogen-bond donors (Lipinski definition) is 1. The van der Waals surface area contributed by atoms with Gasteiger partial charge in [0.15, 0.2) is 0 Å². The minimum Gasteiger partial charge on any atom is -0.310 e. The average Bonchev–Trinajstić information content (AvgIpc) is 2.64. The van der Waals surface area contributed by atoms with Crippen LogP contribution in [-0.2, 0) is 7.05 Å². The highest BCUT2D eigenvalue weighted by Gasteiger charge is 2.05. The second-order valence-corrected chi connectivity index (χ2v) is 3.74. The van der Waals surface area contributed by atoms with Crippen LogP contribution in [0.25, 0.3) is 0 Å². The zero-order chi connectivity index (χ0) is 11.1. The van der Waals surface area contributed by atoms with Crippen molar-refractivity contribution in [3.63, 3.8) is 0 Å². The Balaban J connectivity index is 2.19. The Morgan fingerprint density at radius 1 is 1.60 bits per heavy atom. The molecule has 0 fully saturated rings. The number of hydrogen-bond acceptors (Lipinski definition) is 3. The molecule has 1 N–H and O–H groups in total. The van der Waals surface area contributed by atoms with Crippen LogP contribution in [0, 0.1) is 11.3 Å². The van der Waals surface area contributed by atoms with Crippen LogP contribution in [0.5, 0.6) is 0 Å². The lowest BCUT2D eigenvalue weighted by Crippen LogP contribution is -2.19. The van der Waals surface area contributed by atoms with Crippen molar-refractivity contribution < 1.29 is 0 Å². The summed E-state index contributed by atoms with van der Waals surface area (Å²) in [5.41, 5.74) is 1.21. The zero-order valence-corrected chi connectivity index (χ0v) is 9.40. The van der Waals surface area contributed by atoms with Gasteiger partial charge in [-0.1, -0.05) is 0 Å². The topological polar surface area (TPSA) is 53.6 Å². The monoisotopic (exact) mass is 206 g/mol. The van der Waals surface area contributed by atoms with Crippen LogP contribution in [0.2, 0.25) is 0 Å². The summed E-state index contributed by atoms with van der Waals surface area (Å²) in [6, 6.07) is 2.48. The van der Waals surface area contributed by atoms with Crippen molar-refractivity contribution in [3.8, 4) is 6.07 Å². The molecule has 0 spiro atoms. The molecule has 0 radical (unpaired) electrons. The van der Waals surface area contributed by atoms with Crippen molar-refractivity contribution in [2.24, 2.45) is 7.05 Å². The Morgan fingerprint density at radius 3 is 3.00 bits per heavy atom. The fourth-order valence-corrected chi connectivity index (χ4v) is 1.43. The van der Waals surface area contributed by atoms with Crippen LogP contribution in [0.1, 0.15) is 37.8 Å². The van der Waals surface area contributed by atoms with Gasteiger partial charge in [0, 0.05) is 31.3 Å². The molecule has 1 aromatic rings. The van der Waals surface area contributed by atoms with Gasteiger partial charge in [-0.15, -0.1) is 0 Å². The number of aryl methyl sites for hydroxylation is 1. The molecule has 4 nitrogen and oxygen atoms in total. The first-order chi connectivity index (χ1) is 7.24. The molecule has 1 heterocycles. The summed E-state index contributed by atoms with van der Waals surface area (Å²) in [5, 5.41) is 15.9. The van der Waals surface area contributed by atoms with E-state index in [0.717, 1.165) is 19.4 Å². The standard InChI is InChI=1S/C11H18N4/c1-10(11-8-14-15(2)9-11)13-7-5-3-4-6-12/h8-10,13H,3-5,7H2,1-2H3. The lowest BCUT2D eigenvalue weighted by Gasteiger charge is -2.10. The average molecular weight is 206 g/mol. The molecular weight excluding hydrogens is 188 g/mol. The second kappa shape index (κ2) is 6.20. The summed E-state index contributed by atoms with van der Waals surface area (Å²) >= 11 is 0. The summed E-state index contributed by atoms with van der Waals surface area (Å²) < 4.78 is 1.81. The minimum absolute atomic E-state index is 0.334. The molecule has 0 aromatic carbocycles. The summed E-state index contributed by atoms with van der Waals surface area (Å²) in [6.45, 7) is 3.08. The van der Waals surface area contributed by atoms with E-state index < -0.39 is 0 Å². The Labute approximate surface area is 90.9 Å². The van der Waals surface area contributed by atoms with Crippen molar-refractivity contribution >= 4 is 0 Å². The van der Waals surface area contributed by atoms with E-state index in [1.165, 1.54) is 5.56 Å². The smallest absolute Gasteiger partial charge is 0.0621 e. The molecular formula is C11H18N4. The van der Waals surface area contributed by atoms with Crippen molar-refractivity contribution in [1.82, 2.24) is 15.1 Å². The molecule has 0 saturated carbocycles. The van der Waals surface area contributed by atoms with Gasteiger partial charge in [-0.3, -0.25) is 4.68 Å². The number of nitrogens with one attached hydrogen (secondary N) is 1. The van der Waals surface area contributed by atoms with Crippen LogP contribution >= 0.6 is 0 Å². The van der Waals surface area contributed by atoms with Crippen LogP contribution in [0.3, 0.4) is 0 Å². The second-order valence-electron chi connectivity index (χ2n) is 3.74. The maximum Gasteiger partial charge on any atom is 0.0621 e. The molecule has 1 unspecified atom stereocenters. The molecule has 82 valence electrons. The largest absolute Gasteiger partial charge is 0.310 e. The molecule has 1 atom stereocenters. The Hall–Kier alpha value is -1.34. The normalized spacial score (nSPS) is 12.3. The first kappa shape index (κ1) is 11.7. The number of rotatable bonds is 6. The maximum atomic E-state index is 8.37. The highest BCUT2D eigenvalue weighted by Crippen LogP contribution is 2.10. The third-order valence-electron chi connectivity index (χ3n) is 2.39. The maximum absolute atomic E-state index is 8.37. The molecule has 1 rings (SSSR count). The van der Waals surface area contributed by atoms with Gasteiger partial charge in [-0.25, -0.2) is 0 Å². The van der Waals surface area contributed by atoms with Crippen LogP contribution in [0.15, 0.2) is 12.4 Å². The molecule has 0 saturated heterocycles. The van der Waals surface area contributed by atoms with Crippen LogP contribution in [-0.4, -0.2) is 16.3 Å². The van der Waals surface area contributed by atoms with Crippen molar-refractivity contribution in [2.75, 3.05) is 6.54 Å². The number of unbranched alkanes of at least 4 members (excludes halogenated alkanes) is 2. The van der Waals surface area contributed by atoms with E-state index in [0.29, 0.717) is 12.5 Å². The van der Waals surface area contributed by atoms with E-state index >= 15 is 0 Å². The quantitative estimate of drug-likeness (QED) is 0.722. The zero-order valence-electron chi connectivity index (χ0n) is 9.40. The fraction of sp³-hybridized carbons (Fsp3) is 0.636. The predicted octanol–water partition coefficient (Wildman–Crippen LogP) is 1.76. The van der Waals surface area contributed by atoms with Gasteiger partial charge in [0.25, 0.3) is 0 Å². The van der Waals surface area contributed by atoms with Crippen LogP contribution < -0.4 is 5.32 Å². The van der Waals surface area contributed by atoms with E-state index in [1.54, 1.807) is 0 Å². The highest BCUT2D eigenvalue weighted by atomic mass is 15.2. The summed E-state index contributed by atoms with van der Waals surface area (Å²) in [4.78, 5) is 0. The van der Waals surface area contributed by atoms with E-state index in [4.69, 9.17) is 5.26 Å². The van der Waals surface area contributed by atoms with Crippen LogP contribution in [0.4, 0.5) is 0 Å². The summed E-state index contributed by atoms with van der Waals surface area (Å²) in [7, 11) is 1.92.